The van der Waals surface area contributed by atoms with E-state index < -0.39 is 0 Å². The van der Waals surface area contributed by atoms with E-state index in [2.05, 4.69) is 56.8 Å². The highest BCUT2D eigenvalue weighted by molar-refractivity contribution is 5.50. The van der Waals surface area contributed by atoms with Crippen molar-refractivity contribution in [2.24, 2.45) is 0 Å². The number of piperidine rings is 1. The van der Waals surface area contributed by atoms with Gasteiger partial charge < -0.3 is 11.1 Å². The highest BCUT2D eigenvalue weighted by Crippen LogP contribution is 2.15. The molecule has 2 aromatic rings. The summed E-state index contributed by atoms with van der Waals surface area (Å²) in [7, 11) is 0. The Bertz CT molecular complexity index is 725. The second kappa shape index (κ2) is 10.1. The minimum absolute atomic E-state index is 0.313. The Morgan fingerprint density at radius 1 is 1.19 bits per heavy atom. The van der Waals surface area contributed by atoms with Gasteiger partial charge in [0.05, 0.1) is 5.69 Å². The lowest BCUT2D eigenvalue weighted by Crippen LogP contribution is -2.42. The molecule has 6 heteroatoms. The fourth-order valence-corrected chi connectivity index (χ4v) is 3.75. The van der Waals surface area contributed by atoms with Crippen LogP contribution in [0.2, 0.25) is 0 Å². The summed E-state index contributed by atoms with van der Waals surface area (Å²) >= 11 is 0. The maximum Gasteiger partial charge on any atom is 0.163 e. The fourth-order valence-electron chi connectivity index (χ4n) is 3.75. The number of aromatic nitrogens is 2. The Hall–Kier alpha value is -2.36. The normalized spacial score (nSPS) is 15.7. The van der Waals surface area contributed by atoms with Crippen molar-refractivity contribution >= 4 is 5.82 Å². The summed E-state index contributed by atoms with van der Waals surface area (Å²) in [5, 5.41) is 19.6. The predicted octanol–water partition coefficient (Wildman–Crippen LogP) is 2.83. The predicted molar refractivity (Wildman–Crippen MR) is 108 cm³/mol. The molecule has 27 heavy (non-hydrogen) atoms. The molecule has 6 nitrogen and oxygen atoms in total. The van der Waals surface area contributed by atoms with Crippen LogP contribution in [0.15, 0.2) is 30.3 Å². The van der Waals surface area contributed by atoms with Crippen LogP contribution in [0.25, 0.3) is 0 Å². The van der Waals surface area contributed by atoms with Crippen LogP contribution in [-0.4, -0.2) is 40.8 Å². The molecule has 1 aromatic carbocycles. The minimum atomic E-state index is 0.313. The second-order valence-electron chi connectivity index (χ2n) is 7.38. The van der Waals surface area contributed by atoms with E-state index in [0.717, 1.165) is 44.5 Å². The van der Waals surface area contributed by atoms with E-state index in [4.69, 9.17) is 11.0 Å². The number of hydrogen-bond acceptors (Lipinski definition) is 5. The Kier molecular flexibility index (Phi) is 7.26. The number of nitrogens with one attached hydrogen (secondary N) is 2. The minimum Gasteiger partial charge on any atom is -0.381 e. The molecule has 0 spiro atoms. The largest absolute Gasteiger partial charge is 0.381 e. The number of nitrogens with zero attached hydrogens (tertiary/aromatic N) is 3. The number of nitrogen functional groups attached to an aromatic ring is 1. The third-order valence-electron chi connectivity index (χ3n) is 5.35. The van der Waals surface area contributed by atoms with Gasteiger partial charge in [0.1, 0.15) is 11.6 Å². The van der Waals surface area contributed by atoms with Gasteiger partial charge in [-0.1, -0.05) is 36.8 Å². The summed E-state index contributed by atoms with van der Waals surface area (Å²) in [6.07, 6.45) is 6.65. The molecule has 2 heterocycles. The van der Waals surface area contributed by atoms with Crippen LogP contribution in [0.1, 0.15) is 48.9 Å². The van der Waals surface area contributed by atoms with E-state index in [9.17, 15) is 0 Å². The van der Waals surface area contributed by atoms with Crippen LogP contribution >= 0.6 is 0 Å². The molecule has 1 aromatic heterocycles. The van der Waals surface area contributed by atoms with Crippen molar-refractivity contribution in [3.8, 4) is 6.07 Å². The summed E-state index contributed by atoms with van der Waals surface area (Å²) in [4.78, 5) is 2.55. The van der Waals surface area contributed by atoms with E-state index in [1.54, 1.807) is 0 Å². The molecule has 1 fully saturated rings. The molecule has 1 aliphatic rings. The lowest BCUT2D eigenvalue weighted by molar-refractivity contribution is 0.190. The van der Waals surface area contributed by atoms with E-state index in [1.807, 2.05) is 0 Å². The van der Waals surface area contributed by atoms with Crippen LogP contribution in [0.3, 0.4) is 0 Å². The number of rotatable bonds is 9. The van der Waals surface area contributed by atoms with Gasteiger partial charge in [-0.25, -0.2) is 0 Å². The lowest BCUT2D eigenvalue weighted by Gasteiger charge is -2.32. The first-order valence-corrected chi connectivity index (χ1v) is 9.98. The number of H-pyrrole nitrogens is 1. The van der Waals surface area contributed by atoms with E-state index in [0.29, 0.717) is 17.4 Å². The molecule has 0 amide bonds. The monoisotopic (exact) mass is 366 g/mol. The Morgan fingerprint density at radius 3 is 2.70 bits per heavy atom. The molecule has 0 atom stereocenters. The van der Waals surface area contributed by atoms with Gasteiger partial charge in [-0.15, -0.1) is 0 Å². The van der Waals surface area contributed by atoms with Crippen molar-refractivity contribution in [1.29, 1.82) is 5.26 Å². The Morgan fingerprint density at radius 2 is 1.96 bits per heavy atom. The first-order chi connectivity index (χ1) is 13.3. The number of anilines is 1. The van der Waals surface area contributed by atoms with Gasteiger partial charge in [-0.3, -0.25) is 10.00 Å². The standard InChI is InChI=1S/C21H30N6/c22-15-19-20(25-26-21(19)23)9-5-2-6-12-24-18-10-13-27(14-11-18)16-17-7-3-1-4-8-17/h1,3-4,7-8,18,24H,2,5-6,9-14,16H2,(H3,23,25,26). The molecule has 0 unspecified atom stereocenters. The van der Waals surface area contributed by atoms with Gasteiger partial charge in [0, 0.05) is 12.6 Å². The van der Waals surface area contributed by atoms with Gasteiger partial charge in [0.2, 0.25) is 0 Å². The van der Waals surface area contributed by atoms with E-state index in [1.165, 1.54) is 31.5 Å². The van der Waals surface area contributed by atoms with Gasteiger partial charge in [0.15, 0.2) is 5.82 Å². The summed E-state index contributed by atoms with van der Waals surface area (Å²) < 4.78 is 0. The fraction of sp³-hybridized carbons (Fsp3) is 0.524. The van der Waals surface area contributed by atoms with Crippen LogP contribution in [0.5, 0.6) is 0 Å². The quantitative estimate of drug-likeness (QED) is 0.593. The van der Waals surface area contributed by atoms with Gasteiger partial charge in [-0.2, -0.15) is 10.4 Å². The van der Waals surface area contributed by atoms with Gasteiger partial charge in [-0.05, 0) is 57.3 Å². The van der Waals surface area contributed by atoms with Crippen molar-refractivity contribution in [2.45, 2.75) is 51.1 Å². The Balaban J connectivity index is 1.25. The highest BCUT2D eigenvalue weighted by atomic mass is 15.2. The number of hydrogen-bond donors (Lipinski definition) is 3. The van der Waals surface area contributed by atoms with Crippen LogP contribution < -0.4 is 11.1 Å². The number of benzene rings is 1. The van der Waals surface area contributed by atoms with Crippen LogP contribution in [0, 0.1) is 11.3 Å². The number of nitriles is 1. The average molecular weight is 367 g/mol. The smallest absolute Gasteiger partial charge is 0.163 e. The lowest BCUT2D eigenvalue weighted by atomic mass is 10.0. The molecule has 144 valence electrons. The van der Waals surface area contributed by atoms with Crippen molar-refractivity contribution in [3.05, 3.63) is 47.2 Å². The van der Waals surface area contributed by atoms with Crippen LogP contribution in [-0.2, 0) is 13.0 Å². The van der Waals surface area contributed by atoms with Crippen molar-refractivity contribution in [1.82, 2.24) is 20.4 Å². The van der Waals surface area contributed by atoms with Gasteiger partial charge >= 0.3 is 0 Å². The highest BCUT2D eigenvalue weighted by Gasteiger charge is 2.18. The number of likely N-dealkylation sites (tertiary alicyclic amines) is 1. The molecule has 0 radical (unpaired) electrons. The molecular formula is C21H30N6. The summed E-state index contributed by atoms with van der Waals surface area (Å²) in [5.74, 6) is 0.313. The van der Waals surface area contributed by atoms with Gasteiger partial charge in [0.25, 0.3) is 0 Å². The number of unbranched alkanes of at least 4 members (excludes halogenated alkanes) is 2. The zero-order valence-corrected chi connectivity index (χ0v) is 16.0. The molecule has 0 saturated carbocycles. The van der Waals surface area contributed by atoms with Crippen molar-refractivity contribution in [3.63, 3.8) is 0 Å². The summed E-state index contributed by atoms with van der Waals surface area (Å²) in [5.41, 5.74) is 8.44. The zero-order valence-electron chi connectivity index (χ0n) is 16.0. The molecular weight excluding hydrogens is 336 g/mol. The number of aromatic amines is 1. The Labute approximate surface area is 161 Å². The molecule has 4 N–H and O–H groups in total. The summed E-state index contributed by atoms with van der Waals surface area (Å²) in [6.45, 7) is 4.48. The number of aryl methyl sites for hydroxylation is 1. The first kappa shape index (κ1) is 19.4. The number of nitrogens with two attached hydrogens (primary N) is 1. The first-order valence-electron chi connectivity index (χ1n) is 9.98. The molecule has 1 saturated heterocycles. The molecule has 0 bridgehead atoms. The summed E-state index contributed by atoms with van der Waals surface area (Å²) in [6, 6.07) is 13.5. The van der Waals surface area contributed by atoms with E-state index in [-0.39, 0.29) is 0 Å². The zero-order chi connectivity index (χ0) is 18.9. The molecule has 0 aliphatic carbocycles. The van der Waals surface area contributed by atoms with Crippen molar-refractivity contribution < 1.29 is 0 Å². The topological polar surface area (TPSA) is 93.8 Å². The molecule has 3 rings (SSSR count). The van der Waals surface area contributed by atoms with Crippen molar-refractivity contribution in [2.75, 3.05) is 25.4 Å². The SMILES string of the molecule is N#Cc1c(N)n[nH]c1CCCCCNC1CCN(Cc2ccccc2)CC1. The molecule has 1 aliphatic heterocycles. The maximum atomic E-state index is 9.07. The third-order valence-corrected chi connectivity index (χ3v) is 5.35. The van der Waals surface area contributed by atoms with Crippen LogP contribution in [0.4, 0.5) is 5.82 Å². The maximum absolute atomic E-state index is 9.07. The second-order valence-corrected chi connectivity index (χ2v) is 7.38. The van der Waals surface area contributed by atoms with E-state index >= 15 is 0 Å². The third kappa shape index (κ3) is 5.81. The average Bonchev–Trinajstić information content (AvgIpc) is 3.06.